The minimum Gasteiger partial charge on any atom is -0.457 e. The van der Waals surface area contributed by atoms with Crippen molar-refractivity contribution >= 4 is 12.5 Å². The highest BCUT2D eigenvalue weighted by Gasteiger charge is 2.24. The topological polar surface area (TPSA) is 46.5 Å². The van der Waals surface area contributed by atoms with E-state index in [4.69, 9.17) is 4.74 Å². The molecule has 0 aromatic heterocycles. The van der Waals surface area contributed by atoms with Crippen molar-refractivity contribution in [1.29, 1.82) is 0 Å². The van der Waals surface area contributed by atoms with Gasteiger partial charge in [0.2, 0.25) is 0 Å². The number of carbonyl (C=O) groups is 1. The highest BCUT2D eigenvalue weighted by molar-refractivity contribution is 5.58. The monoisotopic (exact) mass is 190 g/mol. The van der Waals surface area contributed by atoms with E-state index in [1.807, 2.05) is 30.3 Å². The lowest BCUT2D eigenvalue weighted by atomic mass is 9.93. The number of aliphatic hydroxyl groups excluding tert-OH is 1. The van der Waals surface area contributed by atoms with E-state index in [2.05, 4.69) is 0 Å². The van der Waals surface area contributed by atoms with Crippen LogP contribution in [0.2, 0.25) is 0 Å². The first kappa shape index (κ1) is 8.97. The van der Waals surface area contributed by atoms with Gasteiger partial charge in [0.15, 0.2) is 0 Å². The van der Waals surface area contributed by atoms with Crippen molar-refractivity contribution in [2.45, 2.75) is 12.2 Å². The molecule has 1 aliphatic carbocycles. The summed E-state index contributed by atoms with van der Waals surface area (Å²) in [5.74, 6) is 0. The number of carbonyl (C=O) groups excluding carboxylic acids is 1. The number of hydrogen-bond acceptors (Lipinski definition) is 3. The number of aliphatic hydroxyl groups is 1. The third-order valence-corrected chi connectivity index (χ3v) is 2.30. The summed E-state index contributed by atoms with van der Waals surface area (Å²) in [6.45, 7) is 0.353. The van der Waals surface area contributed by atoms with Crippen molar-refractivity contribution in [3.05, 3.63) is 41.5 Å². The average Bonchev–Trinajstić information content (AvgIpc) is 2.23. The van der Waals surface area contributed by atoms with Gasteiger partial charge in [-0.2, -0.15) is 0 Å². The zero-order valence-corrected chi connectivity index (χ0v) is 7.46. The molecule has 0 spiro atoms. The van der Waals surface area contributed by atoms with Crippen LogP contribution in [0.3, 0.4) is 0 Å². The van der Waals surface area contributed by atoms with E-state index >= 15 is 0 Å². The van der Waals surface area contributed by atoms with Gasteiger partial charge in [-0.1, -0.05) is 30.3 Å². The van der Waals surface area contributed by atoms with E-state index in [1.54, 1.807) is 6.08 Å². The highest BCUT2D eigenvalue weighted by atomic mass is 16.5. The number of benzene rings is 1. The maximum Gasteiger partial charge on any atom is 0.293 e. The molecule has 2 rings (SSSR count). The number of ether oxygens (including phenoxy) is 1. The molecule has 1 aliphatic rings. The van der Waals surface area contributed by atoms with Crippen LogP contribution in [0.1, 0.15) is 17.2 Å². The fraction of sp³-hybridized carbons (Fsp3) is 0.182. The Balaban J connectivity index is 2.34. The fourth-order valence-corrected chi connectivity index (χ4v) is 1.60. The van der Waals surface area contributed by atoms with Crippen LogP contribution in [-0.2, 0) is 9.53 Å². The summed E-state index contributed by atoms with van der Waals surface area (Å²) in [6.07, 6.45) is 2.20. The quantitative estimate of drug-likeness (QED) is 0.715. The normalized spacial score (nSPS) is 24.1. The van der Waals surface area contributed by atoms with Crippen molar-refractivity contribution in [1.82, 2.24) is 0 Å². The molecule has 0 heterocycles. The van der Waals surface area contributed by atoms with E-state index in [1.165, 1.54) is 0 Å². The highest BCUT2D eigenvalue weighted by Crippen LogP contribution is 2.28. The molecule has 0 bridgehead atoms. The second-order valence-electron chi connectivity index (χ2n) is 3.13. The molecule has 1 unspecified atom stereocenters. The smallest absolute Gasteiger partial charge is 0.293 e. The van der Waals surface area contributed by atoms with Gasteiger partial charge in [-0.25, -0.2) is 0 Å². The van der Waals surface area contributed by atoms with Crippen molar-refractivity contribution in [2.75, 3.05) is 0 Å². The van der Waals surface area contributed by atoms with Gasteiger partial charge in [0.05, 0.1) is 0 Å². The summed E-state index contributed by atoms with van der Waals surface area (Å²) in [5.41, 5.74) is 1.76. The van der Waals surface area contributed by atoms with Crippen molar-refractivity contribution < 1.29 is 14.6 Å². The molecular weight excluding hydrogens is 180 g/mol. The zero-order chi connectivity index (χ0) is 9.97. The van der Waals surface area contributed by atoms with Gasteiger partial charge in [0.25, 0.3) is 6.47 Å². The molecular formula is C11H10O3. The molecule has 1 N–H and O–H groups in total. The Labute approximate surface area is 81.6 Å². The third kappa shape index (κ3) is 1.42. The van der Waals surface area contributed by atoms with Gasteiger partial charge >= 0.3 is 0 Å². The summed E-state index contributed by atoms with van der Waals surface area (Å²) in [7, 11) is 0. The van der Waals surface area contributed by atoms with Crippen LogP contribution in [0.4, 0.5) is 0 Å². The van der Waals surface area contributed by atoms with Gasteiger partial charge in [-0.15, -0.1) is 0 Å². The van der Waals surface area contributed by atoms with Gasteiger partial charge in [0, 0.05) is 0 Å². The van der Waals surface area contributed by atoms with E-state index in [-0.39, 0.29) is 0 Å². The Morgan fingerprint density at radius 1 is 1.36 bits per heavy atom. The summed E-state index contributed by atoms with van der Waals surface area (Å²) >= 11 is 0. The summed E-state index contributed by atoms with van der Waals surface area (Å²) in [6, 6.07) is 7.48. The summed E-state index contributed by atoms with van der Waals surface area (Å²) in [5, 5.41) is 9.82. The van der Waals surface area contributed by atoms with Gasteiger partial charge < -0.3 is 9.84 Å². The molecule has 3 heteroatoms. The number of fused-ring (bicyclic) bond motifs is 1. The Hall–Kier alpha value is -1.61. The molecule has 0 fully saturated rings. The minimum absolute atomic E-state index is 0.353. The summed E-state index contributed by atoms with van der Waals surface area (Å²) < 4.78 is 4.73. The lowest BCUT2D eigenvalue weighted by Gasteiger charge is -2.23. The standard InChI is InChI=1S/C11H10O3/c12-7-14-10-6-5-8-3-1-2-4-9(8)11(10)13/h1-7,10-11,13H/t10-,11?/m1/s1. The molecule has 0 amide bonds. The molecule has 0 radical (unpaired) electrons. The molecule has 72 valence electrons. The third-order valence-electron chi connectivity index (χ3n) is 2.30. The first-order valence-electron chi connectivity index (χ1n) is 4.37. The molecule has 0 saturated carbocycles. The van der Waals surface area contributed by atoms with E-state index in [9.17, 15) is 9.90 Å². The van der Waals surface area contributed by atoms with Crippen molar-refractivity contribution in [2.24, 2.45) is 0 Å². The van der Waals surface area contributed by atoms with Crippen LogP contribution in [0.15, 0.2) is 30.3 Å². The van der Waals surface area contributed by atoms with Gasteiger partial charge in [0.1, 0.15) is 12.2 Å². The van der Waals surface area contributed by atoms with E-state index in [0.29, 0.717) is 6.47 Å². The first-order valence-corrected chi connectivity index (χ1v) is 4.37. The number of hydrogen-bond donors (Lipinski definition) is 1. The van der Waals surface area contributed by atoms with Crippen molar-refractivity contribution in [3.8, 4) is 0 Å². The van der Waals surface area contributed by atoms with Crippen LogP contribution in [-0.4, -0.2) is 17.7 Å². The van der Waals surface area contributed by atoms with E-state index in [0.717, 1.165) is 11.1 Å². The zero-order valence-electron chi connectivity index (χ0n) is 7.46. The number of rotatable bonds is 2. The molecule has 1 aromatic carbocycles. The van der Waals surface area contributed by atoms with Crippen LogP contribution < -0.4 is 0 Å². The minimum atomic E-state index is -0.763. The Bertz CT molecular complexity index is 371. The lowest BCUT2D eigenvalue weighted by Crippen LogP contribution is -2.22. The van der Waals surface area contributed by atoms with Gasteiger partial charge in [-0.05, 0) is 17.2 Å². The SMILES string of the molecule is O=CO[C@@H]1C=Cc2ccccc2C1O. The van der Waals surface area contributed by atoms with Crippen LogP contribution in [0, 0.1) is 0 Å². The van der Waals surface area contributed by atoms with Crippen molar-refractivity contribution in [3.63, 3.8) is 0 Å². The second-order valence-corrected chi connectivity index (χ2v) is 3.13. The fourth-order valence-electron chi connectivity index (χ4n) is 1.60. The predicted octanol–water partition coefficient (Wildman–Crippen LogP) is 1.29. The molecule has 0 aliphatic heterocycles. The molecule has 3 nitrogen and oxygen atoms in total. The molecule has 0 saturated heterocycles. The largest absolute Gasteiger partial charge is 0.457 e. The Morgan fingerprint density at radius 2 is 2.14 bits per heavy atom. The molecule has 2 atom stereocenters. The molecule has 1 aromatic rings. The lowest BCUT2D eigenvalue weighted by molar-refractivity contribution is -0.136. The Morgan fingerprint density at radius 3 is 2.93 bits per heavy atom. The molecule has 14 heavy (non-hydrogen) atoms. The maximum absolute atomic E-state index is 10.2. The summed E-state index contributed by atoms with van der Waals surface area (Å²) in [4.78, 5) is 10.2. The average molecular weight is 190 g/mol. The first-order chi connectivity index (χ1) is 6.83. The Kier molecular flexibility index (Phi) is 2.33. The second kappa shape index (κ2) is 3.64. The van der Waals surface area contributed by atoms with Crippen LogP contribution in [0.5, 0.6) is 0 Å². The van der Waals surface area contributed by atoms with Crippen LogP contribution in [0.25, 0.3) is 6.08 Å². The van der Waals surface area contributed by atoms with E-state index < -0.39 is 12.2 Å². The van der Waals surface area contributed by atoms with Crippen LogP contribution >= 0.6 is 0 Å². The predicted molar refractivity (Wildman–Crippen MR) is 51.4 cm³/mol. The van der Waals surface area contributed by atoms with Gasteiger partial charge in [-0.3, -0.25) is 4.79 Å². The maximum atomic E-state index is 10.2.